The van der Waals surface area contributed by atoms with Gasteiger partial charge >= 0.3 is 11.8 Å². The summed E-state index contributed by atoms with van der Waals surface area (Å²) in [6, 6.07) is 0. The summed E-state index contributed by atoms with van der Waals surface area (Å²) in [5.74, 6) is -1.08. The molecule has 0 saturated heterocycles. The molecule has 0 atom stereocenters. The van der Waals surface area contributed by atoms with Crippen molar-refractivity contribution in [3.05, 3.63) is 21.7 Å². The minimum absolute atomic E-state index is 0.0496. The molecule has 102 valence electrons. The monoisotopic (exact) mass is 284 g/mol. The third-order valence-corrected chi connectivity index (χ3v) is 3.44. The summed E-state index contributed by atoms with van der Waals surface area (Å²) >= 11 is 1.27. The Labute approximate surface area is 111 Å². The van der Waals surface area contributed by atoms with Crippen LogP contribution in [0.5, 0.6) is 0 Å². The van der Waals surface area contributed by atoms with Crippen LogP contribution in [-0.4, -0.2) is 31.9 Å². The van der Waals surface area contributed by atoms with Crippen molar-refractivity contribution in [3.8, 4) is 0 Å². The lowest BCUT2D eigenvalue weighted by molar-refractivity contribution is -0.389. The van der Waals surface area contributed by atoms with Crippen LogP contribution >= 0.6 is 11.3 Å². The fraction of sp³-hybridized carbons (Fsp3) is 0.400. The lowest BCUT2D eigenvalue weighted by atomic mass is 9.94. The number of aromatic nitrogens is 2. The predicted molar refractivity (Wildman–Crippen MR) is 69.6 cm³/mol. The largest absolute Gasteiger partial charge is 0.481 e. The number of fused-ring (bicyclic) bond motifs is 1. The van der Waals surface area contributed by atoms with Gasteiger partial charge in [0, 0.05) is 11.9 Å². The number of carboxylic acid groups (broad SMARTS) is 1. The molecular formula is C10H12N4O4S. The fourth-order valence-electron chi connectivity index (χ4n) is 1.45. The van der Waals surface area contributed by atoms with Crippen molar-refractivity contribution in [2.45, 2.75) is 13.8 Å². The molecule has 0 unspecified atom stereocenters. The van der Waals surface area contributed by atoms with Gasteiger partial charge in [-0.15, -0.1) is 0 Å². The highest BCUT2D eigenvalue weighted by Gasteiger charge is 2.30. The van der Waals surface area contributed by atoms with Crippen LogP contribution in [-0.2, 0) is 4.79 Å². The lowest BCUT2D eigenvalue weighted by Crippen LogP contribution is -2.32. The average molecular weight is 284 g/mol. The van der Waals surface area contributed by atoms with E-state index >= 15 is 0 Å². The van der Waals surface area contributed by atoms with Gasteiger partial charge in [-0.2, -0.15) is 9.38 Å². The van der Waals surface area contributed by atoms with Gasteiger partial charge in [0.1, 0.15) is 6.20 Å². The van der Waals surface area contributed by atoms with Gasteiger partial charge in [0.05, 0.1) is 5.41 Å². The zero-order valence-electron chi connectivity index (χ0n) is 10.3. The molecule has 0 saturated carbocycles. The van der Waals surface area contributed by atoms with Crippen molar-refractivity contribution in [1.82, 2.24) is 9.38 Å². The van der Waals surface area contributed by atoms with Gasteiger partial charge in [-0.3, -0.25) is 4.79 Å². The SMILES string of the molecule is CC(C)(CNc1nc2sccn2c1[N+](=O)[O-])C(=O)O. The number of imidazole rings is 1. The molecule has 0 aliphatic heterocycles. The van der Waals surface area contributed by atoms with E-state index in [9.17, 15) is 14.9 Å². The summed E-state index contributed by atoms with van der Waals surface area (Å²) in [6.07, 6.45) is 1.55. The molecule has 2 rings (SSSR count). The molecule has 2 aromatic heterocycles. The third-order valence-electron chi connectivity index (χ3n) is 2.69. The minimum Gasteiger partial charge on any atom is -0.481 e. The first kappa shape index (κ1) is 13.3. The normalized spacial score (nSPS) is 11.7. The van der Waals surface area contributed by atoms with E-state index < -0.39 is 16.3 Å². The Morgan fingerprint density at radius 3 is 2.95 bits per heavy atom. The van der Waals surface area contributed by atoms with E-state index in [1.54, 1.807) is 11.6 Å². The van der Waals surface area contributed by atoms with Crippen LogP contribution in [0.15, 0.2) is 11.6 Å². The number of nitrogens with one attached hydrogen (secondary N) is 1. The summed E-state index contributed by atoms with van der Waals surface area (Å²) in [7, 11) is 0. The maximum atomic E-state index is 11.0. The molecule has 2 aromatic rings. The Bertz CT molecular complexity index is 645. The molecule has 9 heteroatoms. The zero-order chi connectivity index (χ0) is 14.2. The van der Waals surface area contributed by atoms with Crippen molar-refractivity contribution >= 4 is 33.9 Å². The first-order valence-electron chi connectivity index (χ1n) is 5.40. The van der Waals surface area contributed by atoms with E-state index in [-0.39, 0.29) is 18.2 Å². The number of aliphatic carboxylic acids is 1. The van der Waals surface area contributed by atoms with E-state index in [2.05, 4.69) is 10.3 Å². The number of carboxylic acids is 1. The van der Waals surface area contributed by atoms with Crippen molar-refractivity contribution in [1.29, 1.82) is 0 Å². The number of thiazole rings is 1. The summed E-state index contributed by atoms with van der Waals surface area (Å²) in [4.78, 5) is 26.1. The van der Waals surface area contributed by atoms with Crippen LogP contribution < -0.4 is 5.32 Å². The van der Waals surface area contributed by atoms with Crippen LogP contribution in [0.2, 0.25) is 0 Å². The first-order chi connectivity index (χ1) is 8.83. The van der Waals surface area contributed by atoms with Gasteiger partial charge in [-0.25, -0.2) is 0 Å². The molecule has 0 aliphatic carbocycles. The van der Waals surface area contributed by atoms with Crippen molar-refractivity contribution in [2.24, 2.45) is 5.41 Å². The number of nitro groups is 1. The van der Waals surface area contributed by atoms with Crippen LogP contribution in [0.25, 0.3) is 4.96 Å². The zero-order valence-corrected chi connectivity index (χ0v) is 11.1. The molecule has 0 aromatic carbocycles. The van der Waals surface area contributed by atoms with Gasteiger partial charge < -0.3 is 20.5 Å². The second-order valence-electron chi connectivity index (χ2n) is 4.64. The maximum Gasteiger partial charge on any atom is 0.372 e. The number of anilines is 1. The molecule has 2 heterocycles. The molecule has 0 fully saturated rings. The second-order valence-corrected chi connectivity index (χ2v) is 5.51. The van der Waals surface area contributed by atoms with Crippen molar-refractivity contribution < 1.29 is 14.8 Å². The predicted octanol–water partition coefficient (Wildman–Crippen LogP) is 1.83. The van der Waals surface area contributed by atoms with E-state index in [0.717, 1.165) is 0 Å². The molecule has 2 N–H and O–H groups in total. The Morgan fingerprint density at radius 2 is 2.37 bits per heavy atom. The smallest absolute Gasteiger partial charge is 0.372 e. The lowest BCUT2D eigenvalue weighted by Gasteiger charge is -2.18. The number of hydrogen-bond donors (Lipinski definition) is 2. The van der Waals surface area contributed by atoms with E-state index in [1.165, 1.54) is 29.6 Å². The molecule has 0 aliphatic rings. The Hall–Kier alpha value is -2.16. The van der Waals surface area contributed by atoms with Crippen LogP contribution in [0.4, 0.5) is 11.6 Å². The Morgan fingerprint density at radius 1 is 1.68 bits per heavy atom. The van der Waals surface area contributed by atoms with Crippen LogP contribution in [0.3, 0.4) is 0 Å². The molecule has 8 nitrogen and oxygen atoms in total. The Balaban J connectivity index is 2.30. The second kappa shape index (κ2) is 4.50. The Kier molecular flexibility index (Phi) is 3.14. The highest BCUT2D eigenvalue weighted by Crippen LogP contribution is 2.29. The van der Waals surface area contributed by atoms with E-state index in [0.29, 0.717) is 4.96 Å². The molecule has 19 heavy (non-hydrogen) atoms. The third kappa shape index (κ3) is 2.36. The molecule has 0 spiro atoms. The van der Waals surface area contributed by atoms with Gasteiger partial charge in [-0.05, 0) is 18.8 Å². The fourth-order valence-corrected chi connectivity index (χ4v) is 2.16. The van der Waals surface area contributed by atoms with E-state index in [1.807, 2.05) is 0 Å². The van der Waals surface area contributed by atoms with E-state index in [4.69, 9.17) is 5.11 Å². The number of hydrogen-bond acceptors (Lipinski definition) is 6. The summed E-state index contributed by atoms with van der Waals surface area (Å²) in [6.45, 7) is 3.12. The molecule has 0 radical (unpaired) electrons. The summed E-state index contributed by atoms with van der Waals surface area (Å²) in [5.41, 5.74) is -1.04. The maximum absolute atomic E-state index is 11.0. The van der Waals surface area contributed by atoms with Gasteiger partial charge in [0.25, 0.3) is 4.96 Å². The van der Waals surface area contributed by atoms with Crippen LogP contribution in [0, 0.1) is 15.5 Å². The average Bonchev–Trinajstić information content (AvgIpc) is 2.84. The number of carbonyl (C=O) groups is 1. The number of rotatable bonds is 5. The van der Waals surface area contributed by atoms with Crippen molar-refractivity contribution in [2.75, 3.05) is 11.9 Å². The summed E-state index contributed by atoms with van der Waals surface area (Å²) < 4.78 is 1.36. The highest BCUT2D eigenvalue weighted by molar-refractivity contribution is 7.15. The van der Waals surface area contributed by atoms with Crippen molar-refractivity contribution in [3.63, 3.8) is 0 Å². The quantitative estimate of drug-likeness (QED) is 0.640. The summed E-state index contributed by atoms with van der Waals surface area (Å²) in [5, 5.41) is 24.5. The molecule has 0 bridgehead atoms. The van der Waals surface area contributed by atoms with Crippen LogP contribution in [0.1, 0.15) is 13.8 Å². The van der Waals surface area contributed by atoms with Gasteiger partial charge in [0.15, 0.2) is 0 Å². The van der Waals surface area contributed by atoms with Gasteiger partial charge in [0.2, 0.25) is 5.82 Å². The minimum atomic E-state index is -1.04. The first-order valence-corrected chi connectivity index (χ1v) is 6.28. The standard InChI is InChI=1S/C10H12N4O4S/c1-10(2,8(15)16)5-11-6-7(14(17)18)13-3-4-19-9(13)12-6/h3-4,11H,5H2,1-2H3,(H,15,16). The van der Waals surface area contributed by atoms with Gasteiger partial charge in [-0.1, -0.05) is 11.3 Å². The number of nitrogens with zero attached hydrogens (tertiary/aromatic N) is 3. The molecule has 0 amide bonds. The highest BCUT2D eigenvalue weighted by atomic mass is 32.1. The topological polar surface area (TPSA) is 110 Å². The molecular weight excluding hydrogens is 272 g/mol.